The summed E-state index contributed by atoms with van der Waals surface area (Å²) in [4.78, 5) is 58.8. The number of benzene rings is 3. The Labute approximate surface area is 259 Å². The molecule has 2 aliphatic carbocycles. The van der Waals surface area contributed by atoms with Gasteiger partial charge in [-0.05, 0) is 60.2 Å². The Bertz CT molecular complexity index is 1710. The topological polar surface area (TPSA) is 104 Å². The van der Waals surface area contributed by atoms with Crippen molar-refractivity contribution in [1.29, 1.82) is 0 Å². The van der Waals surface area contributed by atoms with E-state index in [1.54, 1.807) is 36.4 Å². The number of anilines is 1. The minimum Gasteiger partial charge on any atom is -0.491 e. The number of carbonyl (C=O) groups is 4. The highest BCUT2D eigenvalue weighted by Gasteiger charge is 2.70. The number of aliphatic hydroxyl groups excluding tert-OH is 1. The lowest BCUT2D eigenvalue weighted by molar-refractivity contribution is -0.138. The van der Waals surface area contributed by atoms with Crippen LogP contribution in [0.5, 0.6) is 5.75 Å². The molecule has 0 spiro atoms. The zero-order valence-electron chi connectivity index (χ0n) is 24.1. The number of carbonyl (C=O) groups excluding carboxylic acids is 4. The maximum atomic E-state index is 15.1. The summed E-state index contributed by atoms with van der Waals surface area (Å²) in [5.74, 6) is -3.47. The predicted molar refractivity (Wildman–Crippen MR) is 163 cm³/mol. The van der Waals surface area contributed by atoms with Gasteiger partial charge in [0.05, 0.1) is 35.5 Å². The lowest BCUT2D eigenvalue weighted by Gasteiger charge is -2.50. The summed E-state index contributed by atoms with van der Waals surface area (Å²) < 4.78 is 5.63. The molecular weight excluding hydrogens is 580 g/mol. The molecule has 7 rings (SSSR count). The normalized spacial score (nSPS) is 29.3. The van der Waals surface area contributed by atoms with Gasteiger partial charge in [0.2, 0.25) is 23.6 Å². The van der Waals surface area contributed by atoms with Crippen molar-refractivity contribution < 1.29 is 29.0 Å². The smallest absolute Gasteiger partial charge is 0.246 e. The number of hydrogen-bond acceptors (Lipinski definition) is 6. The van der Waals surface area contributed by atoms with E-state index in [0.717, 1.165) is 11.1 Å². The van der Waals surface area contributed by atoms with Crippen molar-refractivity contribution in [3.8, 4) is 5.75 Å². The number of hydrogen-bond donors (Lipinski definition) is 1. The molecule has 6 atom stereocenters. The molecular formula is C35H31ClN2O6. The standard InChI is InChI=1S/C35H31ClN2O6/c1-37-31(40)26-15-14-25-27(29(26)33(37)42)19-28-32(41)38(23-9-5-8-22(36)18-23)34(43)35(28,21-6-3-2-4-7-21)30(25)20-10-12-24(13-11-20)44-17-16-39/h2-14,18,26-30,39H,15-17,19H2,1H3/t26-,27+,28-,29-,30-,35+/m0/s1. The van der Waals surface area contributed by atoms with Crippen LogP contribution in [0.1, 0.15) is 29.9 Å². The number of imide groups is 2. The quantitative estimate of drug-likeness (QED) is 0.326. The van der Waals surface area contributed by atoms with Gasteiger partial charge in [0, 0.05) is 18.0 Å². The molecule has 3 aromatic rings. The number of allylic oxidation sites excluding steroid dienone is 2. The number of likely N-dealkylation sites (tertiary alicyclic amines) is 1. The van der Waals surface area contributed by atoms with E-state index >= 15 is 4.79 Å². The highest BCUT2D eigenvalue weighted by molar-refractivity contribution is 6.32. The SMILES string of the molecule is CN1C(=O)[C@H]2[C@H](CC=C3[C@H]2C[C@H]2C(=O)N(c4cccc(Cl)c4)C(=O)[C@@]2(c2ccccc2)[C@H]3c2ccc(OCCO)cc2)C1=O. The van der Waals surface area contributed by atoms with E-state index in [4.69, 9.17) is 16.3 Å². The Kier molecular flexibility index (Phi) is 6.94. The molecule has 4 aliphatic rings. The number of amides is 4. The summed E-state index contributed by atoms with van der Waals surface area (Å²) in [5, 5.41) is 9.63. The molecule has 1 N–H and O–H groups in total. The first-order valence-electron chi connectivity index (χ1n) is 14.8. The van der Waals surface area contributed by atoms with Gasteiger partial charge in [0.1, 0.15) is 12.4 Å². The molecule has 3 aromatic carbocycles. The van der Waals surface area contributed by atoms with Gasteiger partial charge in [0.25, 0.3) is 0 Å². The van der Waals surface area contributed by atoms with Gasteiger partial charge < -0.3 is 9.84 Å². The van der Waals surface area contributed by atoms with E-state index < -0.39 is 35.0 Å². The average molecular weight is 611 g/mol. The molecule has 0 radical (unpaired) electrons. The van der Waals surface area contributed by atoms with Crippen LogP contribution < -0.4 is 9.64 Å². The molecule has 0 bridgehead atoms. The number of ether oxygens (including phenoxy) is 1. The van der Waals surface area contributed by atoms with Crippen molar-refractivity contribution >= 4 is 40.9 Å². The third kappa shape index (κ3) is 4.01. The highest BCUT2D eigenvalue weighted by atomic mass is 35.5. The summed E-state index contributed by atoms with van der Waals surface area (Å²) in [7, 11) is 1.52. The second-order valence-electron chi connectivity index (χ2n) is 12.0. The number of aliphatic hydroxyl groups is 1. The van der Waals surface area contributed by atoms with Crippen molar-refractivity contribution in [2.45, 2.75) is 24.2 Å². The first-order valence-corrected chi connectivity index (χ1v) is 15.2. The Balaban J connectivity index is 1.47. The van der Waals surface area contributed by atoms with Crippen molar-refractivity contribution in [1.82, 2.24) is 4.90 Å². The summed E-state index contributed by atoms with van der Waals surface area (Å²) >= 11 is 6.34. The van der Waals surface area contributed by atoms with E-state index in [1.807, 2.05) is 48.5 Å². The molecule has 4 amide bonds. The summed E-state index contributed by atoms with van der Waals surface area (Å²) in [6, 6.07) is 23.5. The van der Waals surface area contributed by atoms with Crippen LogP contribution in [-0.2, 0) is 24.6 Å². The zero-order valence-corrected chi connectivity index (χ0v) is 24.8. The fourth-order valence-electron chi connectivity index (χ4n) is 8.20. The minimum atomic E-state index is -1.32. The summed E-state index contributed by atoms with van der Waals surface area (Å²) in [6.45, 7) is 0.0117. The van der Waals surface area contributed by atoms with Crippen LogP contribution >= 0.6 is 11.6 Å². The van der Waals surface area contributed by atoms with Gasteiger partial charge in [-0.1, -0.05) is 71.8 Å². The van der Waals surface area contributed by atoms with Crippen molar-refractivity contribution in [3.63, 3.8) is 0 Å². The van der Waals surface area contributed by atoms with E-state index in [9.17, 15) is 19.5 Å². The summed E-state index contributed by atoms with van der Waals surface area (Å²) in [6.07, 6.45) is 2.68. The highest BCUT2D eigenvalue weighted by Crippen LogP contribution is 2.64. The second kappa shape index (κ2) is 10.7. The molecule has 0 aromatic heterocycles. The Morgan fingerprint density at radius 2 is 1.66 bits per heavy atom. The predicted octanol–water partition coefficient (Wildman–Crippen LogP) is 4.50. The van der Waals surface area contributed by atoms with Crippen LogP contribution in [0.2, 0.25) is 5.02 Å². The number of fused-ring (bicyclic) bond motifs is 4. The van der Waals surface area contributed by atoms with Crippen molar-refractivity contribution in [3.05, 3.63) is 107 Å². The molecule has 2 aliphatic heterocycles. The zero-order chi connectivity index (χ0) is 30.7. The molecule has 3 fully saturated rings. The molecule has 8 nitrogen and oxygen atoms in total. The Morgan fingerprint density at radius 3 is 2.36 bits per heavy atom. The van der Waals surface area contributed by atoms with Gasteiger partial charge in [-0.25, -0.2) is 4.90 Å². The first-order chi connectivity index (χ1) is 21.3. The Morgan fingerprint density at radius 1 is 0.909 bits per heavy atom. The molecule has 44 heavy (non-hydrogen) atoms. The van der Waals surface area contributed by atoms with Crippen LogP contribution in [0.4, 0.5) is 5.69 Å². The third-order valence-corrected chi connectivity index (χ3v) is 10.2. The first kappa shape index (κ1) is 28.5. The van der Waals surface area contributed by atoms with Crippen molar-refractivity contribution in [2.75, 3.05) is 25.2 Å². The molecule has 2 heterocycles. The van der Waals surface area contributed by atoms with E-state index in [-0.39, 0.29) is 43.3 Å². The second-order valence-corrected chi connectivity index (χ2v) is 12.4. The lowest BCUT2D eigenvalue weighted by Crippen LogP contribution is -2.53. The summed E-state index contributed by atoms with van der Waals surface area (Å²) in [5.41, 5.74) is 1.49. The van der Waals surface area contributed by atoms with Crippen LogP contribution in [0, 0.1) is 23.7 Å². The van der Waals surface area contributed by atoms with E-state index in [1.165, 1.54) is 16.8 Å². The molecule has 1 saturated carbocycles. The number of nitrogens with zero attached hydrogens (tertiary/aromatic N) is 2. The largest absolute Gasteiger partial charge is 0.491 e. The molecule has 0 unspecified atom stereocenters. The maximum absolute atomic E-state index is 15.1. The third-order valence-electron chi connectivity index (χ3n) is 9.96. The van der Waals surface area contributed by atoms with E-state index in [2.05, 4.69) is 0 Å². The van der Waals surface area contributed by atoms with Gasteiger partial charge in [-0.3, -0.25) is 24.1 Å². The van der Waals surface area contributed by atoms with Crippen LogP contribution in [-0.4, -0.2) is 53.9 Å². The lowest BCUT2D eigenvalue weighted by atomic mass is 9.49. The van der Waals surface area contributed by atoms with Gasteiger partial charge in [0.15, 0.2) is 0 Å². The minimum absolute atomic E-state index is 0.128. The van der Waals surface area contributed by atoms with Gasteiger partial charge in [-0.2, -0.15) is 0 Å². The maximum Gasteiger partial charge on any atom is 0.246 e. The van der Waals surface area contributed by atoms with Crippen LogP contribution in [0.25, 0.3) is 0 Å². The van der Waals surface area contributed by atoms with Crippen molar-refractivity contribution in [2.24, 2.45) is 23.7 Å². The van der Waals surface area contributed by atoms with Crippen LogP contribution in [0.15, 0.2) is 90.5 Å². The monoisotopic (exact) mass is 610 g/mol. The number of rotatable bonds is 6. The molecule has 224 valence electrons. The van der Waals surface area contributed by atoms with E-state index in [0.29, 0.717) is 28.4 Å². The molecule has 9 heteroatoms. The fourth-order valence-corrected chi connectivity index (χ4v) is 8.38. The number of halogens is 1. The Hall–Kier alpha value is -4.27. The van der Waals surface area contributed by atoms with Gasteiger partial charge in [-0.15, -0.1) is 0 Å². The van der Waals surface area contributed by atoms with Crippen LogP contribution in [0.3, 0.4) is 0 Å². The van der Waals surface area contributed by atoms with Gasteiger partial charge >= 0.3 is 0 Å². The molecule has 2 saturated heterocycles. The fraction of sp³-hybridized carbons (Fsp3) is 0.314. The average Bonchev–Trinajstić information content (AvgIpc) is 3.41.